The number of hydrogen-bond donors (Lipinski definition) is 3. The molecule has 3 rings (SSSR count). The number of aryl methyl sites for hydroxylation is 1. The Balaban J connectivity index is 1.95. The predicted molar refractivity (Wildman–Crippen MR) is 107 cm³/mol. The number of nitrogens with one attached hydrogen (secondary N) is 1. The molecule has 0 unspecified atom stereocenters. The molecule has 0 saturated heterocycles. The van der Waals surface area contributed by atoms with E-state index in [1.807, 2.05) is 31.2 Å². The third-order valence-electron chi connectivity index (χ3n) is 4.16. The minimum Gasteiger partial charge on any atom is -0.478 e. The van der Waals surface area contributed by atoms with Crippen LogP contribution in [0.15, 0.2) is 71.9 Å². The van der Waals surface area contributed by atoms with E-state index in [1.54, 1.807) is 36.4 Å². The maximum Gasteiger partial charge on any atom is 0.337 e. The van der Waals surface area contributed by atoms with Gasteiger partial charge >= 0.3 is 5.97 Å². The molecule has 0 atom stereocenters. The summed E-state index contributed by atoms with van der Waals surface area (Å²) >= 11 is 6.43. The highest BCUT2D eigenvalue weighted by atomic mass is 35.5. The number of benzene rings is 3. The highest BCUT2D eigenvalue weighted by Crippen LogP contribution is 2.28. The Kier molecular flexibility index (Phi) is 5.43. The van der Waals surface area contributed by atoms with Gasteiger partial charge in [-0.25, -0.2) is 4.79 Å². The molecule has 3 N–H and O–H groups in total. The lowest BCUT2D eigenvalue weighted by Gasteiger charge is -2.13. The summed E-state index contributed by atoms with van der Waals surface area (Å²) in [6.07, 6.45) is 0. The van der Waals surface area contributed by atoms with Crippen LogP contribution in [0.1, 0.15) is 27.0 Å². The van der Waals surface area contributed by atoms with Gasteiger partial charge in [0.05, 0.1) is 16.3 Å². The molecule has 0 saturated carbocycles. The summed E-state index contributed by atoms with van der Waals surface area (Å²) < 4.78 is 0. The summed E-state index contributed by atoms with van der Waals surface area (Å²) in [5.74, 6) is -1.02. The minimum absolute atomic E-state index is 0.162. The van der Waals surface area contributed by atoms with Crippen LogP contribution in [0, 0.1) is 6.92 Å². The van der Waals surface area contributed by atoms with Crippen molar-refractivity contribution in [1.29, 1.82) is 0 Å². The molecule has 136 valence electrons. The Labute approximate surface area is 161 Å². The third-order valence-corrected chi connectivity index (χ3v) is 4.47. The van der Waals surface area contributed by atoms with E-state index in [0.717, 1.165) is 11.1 Å². The van der Waals surface area contributed by atoms with Gasteiger partial charge < -0.3 is 15.6 Å². The normalized spacial score (nSPS) is 11.3. The average Bonchev–Trinajstić information content (AvgIpc) is 2.65. The van der Waals surface area contributed by atoms with Crippen LogP contribution in [0.3, 0.4) is 0 Å². The number of anilines is 2. The molecule has 0 aliphatic heterocycles. The van der Waals surface area contributed by atoms with E-state index in [2.05, 4.69) is 10.5 Å². The molecule has 0 aliphatic carbocycles. The Morgan fingerprint density at radius 3 is 2.26 bits per heavy atom. The number of rotatable bonds is 5. The highest BCUT2D eigenvalue weighted by Gasteiger charge is 2.15. The van der Waals surface area contributed by atoms with Gasteiger partial charge in [-0.05, 0) is 42.8 Å². The molecule has 27 heavy (non-hydrogen) atoms. The molecule has 0 bridgehead atoms. The van der Waals surface area contributed by atoms with Gasteiger partial charge in [-0.1, -0.05) is 53.2 Å². The number of carbonyl (C=O) groups is 1. The molecule has 3 aromatic carbocycles. The van der Waals surface area contributed by atoms with Crippen molar-refractivity contribution in [3.8, 4) is 0 Å². The first-order valence-electron chi connectivity index (χ1n) is 8.18. The third kappa shape index (κ3) is 3.93. The second-order valence-corrected chi connectivity index (χ2v) is 6.34. The summed E-state index contributed by atoms with van der Waals surface area (Å²) in [6.45, 7) is 1.92. The van der Waals surface area contributed by atoms with Crippen molar-refractivity contribution in [1.82, 2.24) is 0 Å². The first-order chi connectivity index (χ1) is 13.0. The van der Waals surface area contributed by atoms with Gasteiger partial charge in [-0.3, -0.25) is 0 Å². The summed E-state index contributed by atoms with van der Waals surface area (Å²) in [5.41, 5.74) is 3.93. The van der Waals surface area contributed by atoms with Gasteiger partial charge in [0.15, 0.2) is 0 Å². The number of carboxylic acids is 1. The lowest BCUT2D eigenvalue weighted by molar-refractivity contribution is 0.0698. The average molecular weight is 381 g/mol. The molecule has 0 aromatic heterocycles. The van der Waals surface area contributed by atoms with Crippen molar-refractivity contribution in [3.05, 3.63) is 94.0 Å². The number of aromatic carboxylic acids is 1. The highest BCUT2D eigenvalue weighted by molar-refractivity contribution is 6.35. The summed E-state index contributed by atoms with van der Waals surface area (Å²) in [6, 6.07) is 19.3. The van der Waals surface area contributed by atoms with Gasteiger partial charge in [0.25, 0.3) is 0 Å². The van der Waals surface area contributed by atoms with Crippen molar-refractivity contribution >= 4 is 34.7 Å². The van der Waals surface area contributed by atoms with Crippen molar-refractivity contribution in [3.63, 3.8) is 0 Å². The number of para-hydroxylation sites is 1. The smallest absolute Gasteiger partial charge is 0.337 e. The number of oxime groups is 1. The molecule has 0 aliphatic rings. The fraction of sp³-hybridized carbons (Fsp3) is 0.0476. The molecular weight excluding hydrogens is 364 g/mol. The molecule has 6 heteroatoms. The van der Waals surface area contributed by atoms with Crippen LogP contribution in [0.2, 0.25) is 5.02 Å². The fourth-order valence-corrected chi connectivity index (χ4v) is 3.08. The maximum atomic E-state index is 11.3. The van der Waals surface area contributed by atoms with Crippen molar-refractivity contribution in [2.75, 3.05) is 5.32 Å². The standard InChI is InChI=1S/C21H17ClN2O3/c1-13-6-2-3-7-15(13)20(24-27)16-11-10-14(12-18(16)22)23-19-9-5-4-8-17(19)21(25)26/h2-12,23,27H,1H3,(H,25,26). The Morgan fingerprint density at radius 1 is 0.963 bits per heavy atom. The summed E-state index contributed by atoms with van der Waals surface area (Å²) in [4.78, 5) is 11.3. The van der Waals surface area contributed by atoms with Crippen LogP contribution >= 0.6 is 11.6 Å². The van der Waals surface area contributed by atoms with Crippen LogP contribution in [0.25, 0.3) is 0 Å². The second kappa shape index (κ2) is 7.93. The predicted octanol–water partition coefficient (Wildman–Crippen LogP) is 5.32. The molecular formula is C21H17ClN2O3. The zero-order valence-electron chi connectivity index (χ0n) is 14.5. The lowest BCUT2D eigenvalue weighted by Crippen LogP contribution is -2.07. The number of halogens is 1. The van der Waals surface area contributed by atoms with Crippen LogP contribution in [0.5, 0.6) is 0 Å². The largest absolute Gasteiger partial charge is 0.478 e. The molecule has 5 nitrogen and oxygen atoms in total. The van der Waals surface area contributed by atoms with Crippen LogP contribution in [0.4, 0.5) is 11.4 Å². The Morgan fingerprint density at radius 2 is 1.63 bits per heavy atom. The summed E-state index contributed by atoms with van der Waals surface area (Å²) in [7, 11) is 0. The SMILES string of the molecule is Cc1ccccc1C(=NO)c1ccc(Nc2ccccc2C(=O)O)cc1Cl. The van der Waals surface area contributed by atoms with E-state index in [4.69, 9.17) is 11.6 Å². The second-order valence-electron chi connectivity index (χ2n) is 5.93. The van der Waals surface area contributed by atoms with Crippen molar-refractivity contribution < 1.29 is 15.1 Å². The molecule has 0 fully saturated rings. The zero-order chi connectivity index (χ0) is 19.4. The number of hydrogen-bond acceptors (Lipinski definition) is 4. The lowest BCUT2D eigenvalue weighted by atomic mass is 9.98. The van der Waals surface area contributed by atoms with Gasteiger partial charge in [0, 0.05) is 16.8 Å². The van der Waals surface area contributed by atoms with E-state index in [9.17, 15) is 15.1 Å². The molecule has 0 radical (unpaired) electrons. The molecule has 0 heterocycles. The van der Waals surface area contributed by atoms with Gasteiger partial charge in [-0.15, -0.1) is 0 Å². The van der Waals surface area contributed by atoms with E-state index < -0.39 is 5.97 Å². The zero-order valence-corrected chi connectivity index (χ0v) is 15.2. The first-order valence-corrected chi connectivity index (χ1v) is 8.56. The topological polar surface area (TPSA) is 81.9 Å². The number of nitrogens with zero attached hydrogens (tertiary/aromatic N) is 1. The van der Waals surface area contributed by atoms with Crippen LogP contribution in [-0.2, 0) is 0 Å². The fourth-order valence-electron chi connectivity index (χ4n) is 2.81. The monoisotopic (exact) mass is 380 g/mol. The van der Waals surface area contributed by atoms with Gasteiger partial charge in [-0.2, -0.15) is 0 Å². The van der Waals surface area contributed by atoms with E-state index in [1.165, 1.54) is 6.07 Å². The van der Waals surface area contributed by atoms with Crippen molar-refractivity contribution in [2.45, 2.75) is 6.92 Å². The summed E-state index contributed by atoms with van der Waals surface area (Å²) in [5, 5.41) is 25.7. The van der Waals surface area contributed by atoms with Crippen LogP contribution in [-0.4, -0.2) is 22.0 Å². The van der Waals surface area contributed by atoms with Crippen LogP contribution < -0.4 is 5.32 Å². The quantitative estimate of drug-likeness (QED) is 0.318. The number of carboxylic acid groups (broad SMARTS) is 1. The Bertz CT molecular complexity index is 1030. The van der Waals surface area contributed by atoms with E-state index in [-0.39, 0.29) is 5.56 Å². The van der Waals surface area contributed by atoms with Gasteiger partial charge in [0.1, 0.15) is 5.71 Å². The van der Waals surface area contributed by atoms with Gasteiger partial charge in [0.2, 0.25) is 0 Å². The first kappa shape index (κ1) is 18.5. The molecule has 0 amide bonds. The van der Waals surface area contributed by atoms with Crippen molar-refractivity contribution in [2.24, 2.45) is 5.16 Å². The maximum absolute atomic E-state index is 11.3. The molecule has 0 spiro atoms. The Hall–Kier alpha value is -3.31. The minimum atomic E-state index is -1.02. The van der Waals surface area contributed by atoms with E-state index >= 15 is 0 Å². The van der Waals surface area contributed by atoms with E-state index in [0.29, 0.717) is 27.7 Å². The molecule has 3 aromatic rings.